The Morgan fingerprint density at radius 3 is 2.13 bits per heavy atom. The van der Waals surface area contributed by atoms with Crippen molar-refractivity contribution < 1.29 is 14.3 Å². The van der Waals surface area contributed by atoms with E-state index in [1.165, 1.54) is 0 Å². The molecule has 0 aliphatic carbocycles. The summed E-state index contributed by atoms with van der Waals surface area (Å²) in [7, 11) is 0. The first-order valence-electron chi connectivity index (χ1n) is 7.46. The summed E-state index contributed by atoms with van der Waals surface area (Å²) < 4.78 is 12.3. The first-order valence-corrected chi connectivity index (χ1v) is 8.98. The third-order valence-electron chi connectivity index (χ3n) is 3.73. The SMILES string of the molecule is O=C(/C(=C\c1ccccc1)C1(CI)OCCO1)c1ccccc1. The predicted octanol–water partition coefficient (Wildman–Crippen LogP) is 4.13. The first-order chi connectivity index (χ1) is 11.2. The smallest absolute Gasteiger partial charge is 0.208 e. The minimum Gasteiger partial charge on any atom is -0.343 e. The van der Waals surface area contributed by atoms with E-state index in [1.807, 2.05) is 66.7 Å². The van der Waals surface area contributed by atoms with Gasteiger partial charge in [0.15, 0.2) is 5.78 Å². The number of benzene rings is 2. The molecule has 0 N–H and O–H groups in total. The average molecular weight is 420 g/mol. The van der Waals surface area contributed by atoms with Gasteiger partial charge in [-0.15, -0.1) is 0 Å². The highest BCUT2D eigenvalue weighted by Crippen LogP contribution is 2.34. The van der Waals surface area contributed by atoms with Crippen molar-refractivity contribution in [3.63, 3.8) is 0 Å². The summed E-state index contributed by atoms with van der Waals surface area (Å²) in [4.78, 5) is 13.1. The van der Waals surface area contributed by atoms with Crippen LogP contribution in [0.4, 0.5) is 0 Å². The number of Topliss-reactive ketones (excluding diaryl/α,β-unsaturated/α-hetero) is 1. The lowest BCUT2D eigenvalue weighted by molar-refractivity contribution is -0.0997. The molecule has 4 heteroatoms. The number of ketones is 1. The Kier molecular flexibility index (Phi) is 5.25. The molecule has 1 aliphatic heterocycles. The molecule has 1 saturated heterocycles. The monoisotopic (exact) mass is 420 g/mol. The molecule has 0 unspecified atom stereocenters. The van der Waals surface area contributed by atoms with Crippen LogP contribution in [0.1, 0.15) is 15.9 Å². The van der Waals surface area contributed by atoms with E-state index in [0.717, 1.165) is 5.56 Å². The number of carbonyl (C=O) groups is 1. The van der Waals surface area contributed by atoms with Crippen molar-refractivity contribution in [3.8, 4) is 0 Å². The number of rotatable bonds is 5. The van der Waals surface area contributed by atoms with Crippen LogP contribution in [0.5, 0.6) is 0 Å². The van der Waals surface area contributed by atoms with E-state index in [4.69, 9.17) is 9.47 Å². The normalized spacial score (nSPS) is 17.2. The second-order valence-corrected chi connectivity index (χ2v) is 6.01. The van der Waals surface area contributed by atoms with Crippen LogP contribution in [-0.4, -0.2) is 29.2 Å². The quantitative estimate of drug-likeness (QED) is 0.316. The van der Waals surface area contributed by atoms with Crippen LogP contribution in [0.2, 0.25) is 0 Å². The zero-order valence-electron chi connectivity index (χ0n) is 12.6. The van der Waals surface area contributed by atoms with Crippen molar-refractivity contribution in [1.82, 2.24) is 0 Å². The third kappa shape index (κ3) is 3.54. The highest BCUT2D eigenvalue weighted by Gasteiger charge is 2.43. The molecule has 1 heterocycles. The van der Waals surface area contributed by atoms with Crippen molar-refractivity contribution in [2.24, 2.45) is 0 Å². The number of carbonyl (C=O) groups excluding carboxylic acids is 1. The fourth-order valence-corrected chi connectivity index (χ4v) is 3.42. The van der Waals surface area contributed by atoms with Gasteiger partial charge < -0.3 is 9.47 Å². The second kappa shape index (κ2) is 7.38. The maximum Gasteiger partial charge on any atom is 0.208 e. The predicted molar refractivity (Wildman–Crippen MR) is 98.7 cm³/mol. The lowest BCUT2D eigenvalue weighted by Gasteiger charge is -2.27. The number of halogens is 1. The molecule has 23 heavy (non-hydrogen) atoms. The number of alkyl halides is 1. The summed E-state index contributed by atoms with van der Waals surface area (Å²) in [5, 5.41) is 0. The Morgan fingerprint density at radius 2 is 1.57 bits per heavy atom. The van der Waals surface area contributed by atoms with Gasteiger partial charge in [-0.05, 0) is 11.6 Å². The van der Waals surface area contributed by atoms with Crippen LogP contribution < -0.4 is 0 Å². The summed E-state index contributed by atoms with van der Waals surface area (Å²) in [5.74, 6) is -1.03. The van der Waals surface area contributed by atoms with E-state index < -0.39 is 5.79 Å². The van der Waals surface area contributed by atoms with Crippen LogP contribution in [0, 0.1) is 0 Å². The maximum absolute atomic E-state index is 13.1. The molecule has 118 valence electrons. The maximum atomic E-state index is 13.1. The summed E-state index contributed by atoms with van der Waals surface area (Å²) in [5.41, 5.74) is 2.13. The molecule has 0 saturated carbocycles. The van der Waals surface area contributed by atoms with Gasteiger partial charge in [-0.3, -0.25) is 4.79 Å². The molecule has 3 nitrogen and oxygen atoms in total. The highest BCUT2D eigenvalue weighted by atomic mass is 127. The molecule has 0 amide bonds. The van der Waals surface area contributed by atoms with Gasteiger partial charge in [0.2, 0.25) is 5.79 Å². The minimum atomic E-state index is -0.969. The summed E-state index contributed by atoms with van der Waals surface area (Å²) in [6.07, 6.45) is 1.87. The van der Waals surface area contributed by atoms with E-state index in [9.17, 15) is 4.79 Å². The topological polar surface area (TPSA) is 35.5 Å². The first kappa shape index (κ1) is 16.4. The fourth-order valence-electron chi connectivity index (χ4n) is 2.57. The van der Waals surface area contributed by atoms with Gasteiger partial charge in [-0.25, -0.2) is 0 Å². The molecule has 0 bridgehead atoms. The average Bonchev–Trinajstić information content (AvgIpc) is 3.11. The Hall–Kier alpha value is -1.50. The van der Waals surface area contributed by atoms with Gasteiger partial charge in [0, 0.05) is 5.56 Å². The van der Waals surface area contributed by atoms with Gasteiger partial charge in [0.25, 0.3) is 0 Å². The third-order valence-corrected chi connectivity index (χ3v) is 4.74. The molecule has 0 atom stereocenters. The van der Waals surface area contributed by atoms with Crippen LogP contribution in [0.3, 0.4) is 0 Å². The van der Waals surface area contributed by atoms with Crippen molar-refractivity contribution >= 4 is 34.5 Å². The summed E-state index contributed by atoms with van der Waals surface area (Å²) in [6, 6.07) is 19.0. The number of hydrogen-bond donors (Lipinski definition) is 0. The molecular weight excluding hydrogens is 403 g/mol. The van der Waals surface area contributed by atoms with Crippen molar-refractivity contribution in [2.75, 3.05) is 17.6 Å². The van der Waals surface area contributed by atoms with Gasteiger partial charge in [-0.1, -0.05) is 83.3 Å². The highest BCUT2D eigenvalue weighted by molar-refractivity contribution is 14.1. The molecule has 0 radical (unpaired) electrons. The molecule has 0 aromatic heterocycles. The zero-order valence-corrected chi connectivity index (χ0v) is 14.7. The van der Waals surface area contributed by atoms with E-state index in [1.54, 1.807) is 0 Å². The van der Waals surface area contributed by atoms with Crippen molar-refractivity contribution in [3.05, 3.63) is 77.4 Å². The van der Waals surface area contributed by atoms with Crippen LogP contribution in [-0.2, 0) is 9.47 Å². The Balaban J connectivity index is 2.07. The van der Waals surface area contributed by atoms with Crippen LogP contribution in [0.25, 0.3) is 6.08 Å². The molecule has 3 rings (SSSR count). The lowest BCUT2D eigenvalue weighted by atomic mass is 9.95. The van der Waals surface area contributed by atoms with Gasteiger partial charge in [-0.2, -0.15) is 0 Å². The largest absolute Gasteiger partial charge is 0.343 e. The van der Waals surface area contributed by atoms with Gasteiger partial charge in [0.05, 0.1) is 23.2 Å². The fraction of sp³-hybridized carbons (Fsp3) is 0.211. The van der Waals surface area contributed by atoms with E-state index >= 15 is 0 Å². The lowest BCUT2D eigenvalue weighted by Crippen LogP contribution is -2.38. The molecule has 0 spiro atoms. The molecule has 2 aromatic carbocycles. The van der Waals surface area contributed by atoms with E-state index in [0.29, 0.717) is 28.8 Å². The molecule has 1 aliphatic rings. The van der Waals surface area contributed by atoms with Crippen LogP contribution in [0.15, 0.2) is 66.2 Å². The van der Waals surface area contributed by atoms with Gasteiger partial charge in [0.1, 0.15) is 0 Å². The Labute approximate surface area is 149 Å². The van der Waals surface area contributed by atoms with Crippen molar-refractivity contribution in [2.45, 2.75) is 5.79 Å². The number of ether oxygens (including phenoxy) is 2. The Morgan fingerprint density at radius 1 is 1.00 bits per heavy atom. The van der Waals surface area contributed by atoms with Gasteiger partial charge >= 0.3 is 0 Å². The molecule has 2 aromatic rings. The summed E-state index contributed by atoms with van der Waals surface area (Å²) >= 11 is 2.21. The standard InChI is InChI=1S/C19H17IO3/c20-14-19(22-11-12-23-19)17(13-15-7-3-1-4-8-15)18(21)16-9-5-2-6-10-16/h1-10,13H,11-12,14H2/b17-13+. The molecular formula is C19H17IO3. The second-order valence-electron chi connectivity index (χ2n) is 5.25. The molecule has 1 fully saturated rings. The van der Waals surface area contributed by atoms with E-state index in [-0.39, 0.29) is 5.78 Å². The van der Waals surface area contributed by atoms with Crippen molar-refractivity contribution in [1.29, 1.82) is 0 Å². The van der Waals surface area contributed by atoms with E-state index in [2.05, 4.69) is 22.6 Å². The minimum absolute atomic E-state index is 0.0620. The Bertz CT molecular complexity index is 689. The zero-order chi connectivity index (χ0) is 16.1. The van der Waals surface area contributed by atoms with Crippen LogP contribution >= 0.6 is 22.6 Å². The number of hydrogen-bond acceptors (Lipinski definition) is 3. The summed E-state index contributed by atoms with van der Waals surface area (Å²) in [6.45, 7) is 0.994.